The van der Waals surface area contributed by atoms with Gasteiger partial charge in [0.1, 0.15) is 31.8 Å². The Morgan fingerprint density at radius 2 is 0.390 bits per heavy atom. The summed E-state index contributed by atoms with van der Waals surface area (Å²) in [7, 11) is -1.75. The fraction of sp³-hybridized carbons (Fsp3) is 0. The van der Waals surface area contributed by atoms with Gasteiger partial charge in [0.25, 0.3) is 0 Å². The average molecular weight is 659 g/mol. The maximum atomic E-state index is 7.75. The van der Waals surface area contributed by atoms with E-state index in [0.717, 1.165) is 0 Å². The molecule has 0 fully saturated rings. The van der Waals surface area contributed by atoms with E-state index in [4.69, 9.17) is 4.79 Å². The van der Waals surface area contributed by atoms with Crippen LogP contribution in [-0.2, 0) is 24.3 Å². The summed E-state index contributed by atoms with van der Waals surface area (Å²) in [6.07, 6.45) is 0. The van der Waals surface area contributed by atoms with E-state index in [1.54, 1.807) is 0 Å². The van der Waals surface area contributed by atoms with Gasteiger partial charge in [0.15, 0.2) is 0 Å². The van der Waals surface area contributed by atoms with Crippen molar-refractivity contribution >= 4 is 54.5 Å². The molecule has 6 aromatic rings. The zero-order valence-corrected chi connectivity index (χ0v) is 26.3. The van der Waals surface area contributed by atoms with Crippen molar-refractivity contribution in [2.45, 2.75) is 0 Å². The Hall–Kier alpha value is -3.53. The van der Waals surface area contributed by atoms with Gasteiger partial charge in [-0.05, 0) is 72.8 Å². The molecule has 0 aliphatic heterocycles. The smallest absolute Gasteiger partial charge is 0.102 e. The van der Waals surface area contributed by atoms with Gasteiger partial charge in [-0.25, -0.2) is 0 Å². The van der Waals surface area contributed by atoms with Gasteiger partial charge in [0.2, 0.25) is 0 Å². The van der Waals surface area contributed by atoms with Crippen LogP contribution in [0.3, 0.4) is 0 Å². The summed E-state index contributed by atoms with van der Waals surface area (Å²) in [6, 6.07) is 65.0. The van der Waals surface area contributed by atoms with Crippen LogP contribution < -0.4 is 31.8 Å². The van der Waals surface area contributed by atoms with Crippen LogP contribution in [0.1, 0.15) is 0 Å². The van der Waals surface area contributed by atoms with E-state index < -0.39 is 15.8 Å². The fourth-order valence-electron chi connectivity index (χ4n) is 4.63. The van der Waals surface area contributed by atoms with E-state index in [0.29, 0.717) is 0 Å². The predicted octanol–water partition coefficient (Wildman–Crippen LogP) is 6.08. The Kier molecular flexibility index (Phi) is 14.1. The molecule has 1 nitrogen and oxygen atoms in total. The quantitative estimate of drug-likeness (QED) is 0.0919. The molecule has 0 atom stereocenters. The summed E-state index contributed by atoms with van der Waals surface area (Å²) < 4.78 is 0. The summed E-state index contributed by atoms with van der Waals surface area (Å²) in [4.78, 5) is 7.75. The molecule has 6 aromatic carbocycles. The summed E-state index contributed by atoms with van der Waals surface area (Å²) in [5.74, 6) is 0. The SMILES string of the molecule is [CH-]=O.[Rh].c1ccc([PH+](c2ccccc2)c2ccccc2)cc1.c1ccc([PH+](c2ccccc2)c2ccccc2)cc1. The molecule has 4 heteroatoms. The largest absolute Gasteiger partial charge is 0.545 e. The topological polar surface area (TPSA) is 17.1 Å². The molecule has 0 saturated heterocycles. The van der Waals surface area contributed by atoms with E-state index in [9.17, 15) is 0 Å². The van der Waals surface area contributed by atoms with Crippen molar-refractivity contribution in [1.82, 2.24) is 0 Å². The number of hydrogen-bond acceptors (Lipinski definition) is 1. The zero-order valence-electron chi connectivity index (χ0n) is 22.6. The number of hydrogen-bond donors (Lipinski definition) is 0. The molecule has 0 N–H and O–H groups in total. The normalized spacial score (nSPS) is 9.90. The van der Waals surface area contributed by atoms with Crippen LogP contribution in [-0.4, -0.2) is 6.79 Å². The number of benzene rings is 6. The Morgan fingerprint density at radius 1 is 0.268 bits per heavy atom. The second kappa shape index (κ2) is 18.0. The average Bonchev–Trinajstić information content (AvgIpc) is 3.06. The van der Waals surface area contributed by atoms with E-state index in [1.807, 2.05) is 0 Å². The van der Waals surface area contributed by atoms with Crippen molar-refractivity contribution in [3.05, 3.63) is 182 Å². The maximum absolute atomic E-state index is 7.75. The second-order valence-corrected chi connectivity index (χ2v) is 13.9. The number of carbonyl (C=O) groups excluding carboxylic acids is 1. The zero-order chi connectivity index (χ0) is 27.8. The Bertz CT molecular complexity index is 1200. The van der Waals surface area contributed by atoms with Crippen LogP contribution in [0.2, 0.25) is 0 Å². The minimum atomic E-state index is -0.877. The monoisotopic (exact) mass is 658 g/mol. The maximum Gasteiger partial charge on any atom is 0.102 e. The molecule has 0 bridgehead atoms. The minimum absolute atomic E-state index is 0. The van der Waals surface area contributed by atoms with Crippen LogP contribution in [0.5, 0.6) is 0 Å². The Morgan fingerprint density at radius 3 is 0.512 bits per heavy atom. The third-order valence-electron chi connectivity index (χ3n) is 6.37. The molecule has 0 aromatic heterocycles. The van der Waals surface area contributed by atoms with Gasteiger partial charge < -0.3 is 4.79 Å². The van der Waals surface area contributed by atoms with Crippen LogP contribution >= 0.6 is 15.8 Å². The van der Waals surface area contributed by atoms with Crippen LogP contribution in [0.15, 0.2) is 182 Å². The van der Waals surface area contributed by atoms with Gasteiger partial charge in [0, 0.05) is 19.5 Å². The summed E-state index contributed by atoms with van der Waals surface area (Å²) in [5, 5.41) is 8.61. The van der Waals surface area contributed by atoms with Gasteiger partial charge in [-0.2, -0.15) is 0 Å². The molecule has 0 unspecified atom stereocenters. The van der Waals surface area contributed by atoms with Crippen molar-refractivity contribution in [3.63, 3.8) is 0 Å². The molecular weight excluding hydrogens is 625 g/mol. The molecule has 0 aliphatic carbocycles. The number of rotatable bonds is 6. The molecule has 0 heterocycles. The fourth-order valence-corrected chi connectivity index (χ4v) is 9.78. The van der Waals surface area contributed by atoms with Gasteiger partial charge >= 0.3 is 0 Å². The molecule has 1 radical (unpaired) electrons. The first kappa shape index (κ1) is 32.0. The van der Waals surface area contributed by atoms with Crippen molar-refractivity contribution in [3.8, 4) is 0 Å². The van der Waals surface area contributed by atoms with Crippen LogP contribution in [0.25, 0.3) is 0 Å². The van der Waals surface area contributed by atoms with E-state index in [2.05, 4.69) is 189 Å². The molecule has 41 heavy (non-hydrogen) atoms. The molecule has 0 saturated carbocycles. The minimum Gasteiger partial charge on any atom is -0.545 e. The molecule has 0 spiro atoms. The predicted molar refractivity (Wildman–Crippen MR) is 180 cm³/mol. The molecular formula is C37H33OP2Rh+. The van der Waals surface area contributed by atoms with Crippen molar-refractivity contribution in [2.75, 3.05) is 0 Å². The van der Waals surface area contributed by atoms with E-state index >= 15 is 0 Å². The van der Waals surface area contributed by atoms with Crippen molar-refractivity contribution in [1.29, 1.82) is 0 Å². The van der Waals surface area contributed by atoms with Crippen LogP contribution in [0, 0.1) is 0 Å². The summed E-state index contributed by atoms with van der Waals surface area (Å²) >= 11 is 0. The van der Waals surface area contributed by atoms with Crippen molar-refractivity contribution in [2.24, 2.45) is 0 Å². The van der Waals surface area contributed by atoms with E-state index in [-0.39, 0.29) is 19.5 Å². The van der Waals surface area contributed by atoms with Gasteiger partial charge in [-0.1, -0.05) is 109 Å². The Labute approximate surface area is 259 Å². The van der Waals surface area contributed by atoms with Gasteiger partial charge in [-0.3, -0.25) is 6.79 Å². The third-order valence-corrected chi connectivity index (χ3v) is 11.8. The summed E-state index contributed by atoms with van der Waals surface area (Å²) in [6.45, 7) is 3.25. The molecule has 0 amide bonds. The first-order valence-electron chi connectivity index (χ1n) is 13.2. The molecule has 205 valence electrons. The van der Waals surface area contributed by atoms with E-state index in [1.165, 1.54) is 31.8 Å². The van der Waals surface area contributed by atoms with Gasteiger partial charge in [-0.15, -0.1) is 0 Å². The van der Waals surface area contributed by atoms with Crippen LogP contribution in [0.4, 0.5) is 0 Å². The third kappa shape index (κ3) is 9.24. The first-order valence-corrected chi connectivity index (χ1v) is 16.2. The Balaban J connectivity index is 0.000000208. The second-order valence-electron chi connectivity index (χ2n) is 8.95. The van der Waals surface area contributed by atoms with Crippen molar-refractivity contribution < 1.29 is 24.3 Å². The molecule has 0 aliphatic rings. The first-order chi connectivity index (χ1) is 19.9. The molecule has 6 rings (SSSR count). The summed E-state index contributed by atoms with van der Waals surface area (Å²) in [5.41, 5.74) is 0. The van der Waals surface area contributed by atoms with Gasteiger partial charge in [0.05, 0.1) is 15.8 Å². The standard InChI is InChI=1S/2C18H15P.CHO.Rh/c2*1-4-10-16(11-5-1)19(17-12-6-2-7-13-17)18-14-8-3-9-15-18;1-2;/h2*1-15H;1H;/q;;-1;/p+2.